The number of benzene rings is 1. The first-order valence-corrected chi connectivity index (χ1v) is 7.09. The van der Waals surface area contributed by atoms with Gasteiger partial charge in [-0.3, -0.25) is 4.98 Å². The SMILES string of the molecule is Cc1cc(-c2cc3[nH]c[n+](C4CC4)c3cc2N=O)ccn1. The van der Waals surface area contributed by atoms with Crippen molar-refractivity contribution < 1.29 is 4.57 Å². The standard InChI is InChI=1S/C16H14N4O/c1-10-6-11(4-5-17-10)13-7-15-16(8-14(13)19-21)20(9-18-15)12-2-3-12/h4-9,12H,2-3H2,1H3/p+1. The lowest BCUT2D eigenvalue weighted by molar-refractivity contribution is -0.674. The second kappa shape index (κ2) is 4.48. The number of fused-ring (bicyclic) bond motifs is 1. The third-order valence-corrected chi connectivity index (χ3v) is 4.00. The fraction of sp³-hybridized carbons (Fsp3) is 0.250. The van der Waals surface area contributed by atoms with Crippen molar-refractivity contribution in [2.24, 2.45) is 5.18 Å². The van der Waals surface area contributed by atoms with Gasteiger partial charge >= 0.3 is 0 Å². The van der Waals surface area contributed by atoms with E-state index in [2.05, 4.69) is 19.7 Å². The van der Waals surface area contributed by atoms with Crippen molar-refractivity contribution in [3.8, 4) is 11.1 Å². The molecule has 1 fully saturated rings. The van der Waals surface area contributed by atoms with E-state index in [-0.39, 0.29) is 0 Å². The van der Waals surface area contributed by atoms with Gasteiger partial charge in [0.2, 0.25) is 6.33 Å². The zero-order valence-electron chi connectivity index (χ0n) is 11.7. The molecule has 1 saturated carbocycles. The summed E-state index contributed by atoms with van der Waals surface area (Å²) in [7, 11) is 0. The van der Waals surface area contributed by atoms with E-state index in [1.807, 2.05) is 37.5 Å². The van der Waals surface area contributed by atoms with Crippen LogP contribution in [-0.4, -0.2) is 9.97 Å². The molecular formula is C16H15N4O+. The fourth-order valence-corrected chi connectivity index (χ4v) is 2.79. The predicted octanol–water partition coefficient (Wildman–Crippen LogP) is 3.56. The number of nitrogens with one attached hydrogen (secondary N) is 1. The van der Waals surface area contributed by atoms with Crippen molar-refractivity contribution in [1.29, 1.82) is 0 Å². The Morgan fingerprint density at radius 3 is 2.90 bits per heavy atom. The number of H-pyrrole nitrogens is 1. The van der Waals surface area contributed by atoms with Crippen molar-refractivity contribution in [3.05, 3.63) is 47.4 Å². The van der Waals surface area contributed by atoms with Gasteiger partial charge in [0.1, 0.15) is 11.7 Å². The molecule has 21 heavy (non-hydrogen) atoms. The maximum atomic E-state index is 11.3. The number of rotatable bonds is 3. The van der Waals surface area contributed by atoms with Crippen LogP contribution in [0.4, 0.5) is 5.69 Å². The van der Waals surface area contributed by atoms with Gasteiger partial charge in [-0.25, -0.2) is 9.55 Å². The number of hydrogen-bond donors (Lipinski definition) is 1. The molecule has 0 amide bonds. The number of aromatic nitrogens is 3. The molecule has 0 saturated heterocycles. The van der Waals surface area contributed by atoms with E-state index in [4.69, 9.17) is 0 Å². The molecule has 0 aliphatic heterocycles. The molecule has 0 unspecified atom stereocenters. The van der Waals surface area contributed by atoms with E-state index in [0.717, 1.165) is 27.9 Å². The zero-order valence-corrected chi connectivity index (χ0v) is 11.7. The molecule has 2 heterocycles. The van der Waals surface area contributed by atoms with Gasteiger partial charge in [-0.1, -0.05) is 0 Å². The van der Waals surface area contributed by atoms with E-state index < -0.39 is 0 Å². The molecule has 3 aromatic rings. The van der Waals surface area contributed by atoms with Crippen LogP contribution >= 0.6 is 0 Å². The van der Waals surface area contributed by atoms with Crippen LogP contribution in [0.3, 0.4) is 0 Å². The molecule has 0 atom stereocenters. The molecular weight excluding hydrogens is 264 g/mol. The van der Waals surface area contributed by atoms with Crippen LogP contribution in [-0.2, 0) is 0 Å². The van der Waals surface area contributed by atoms with Crippen molar-refractivity contribution >= 4 is 16.7 Å². The lowest BCUT2D eigenvalue weighted by Gasteiger charge is -2.04. The molecule has 2 aromatic heterocycles. The highest BCUT2D eigenvalue weighted by atomic mass is 16.3. The number of nitroso groups, excluding NO2 is 1. The van der Waals surface area contributed by atoms with Gasteiger partial charge in [0.25, 0.3) is 0 Å². The first-order valence-electron chi connectivity index (χ1n) is 7.09. The molecule has 5 nitrogen and oxygen atoms in total. The summed E-state index contributed by atoms with van der Waals surface area (Å²) in [6, 6.07) is 8.31. The molecule has 1 N–H and O–H groups in total. The summed E-state index contributed by atoms with van der Waals surface area (Å²) >= 11 is 0. The number of aromatic amines is 1. The molecule has 4 rings (SSSR count). The minimum atomic E-state index is 0.474. The van der Waals surface area contributed by atoms with Crippen LogP contribution in [0.2, 0.25) is 0 Å². The third kappa shape index (κ3) is 2.01. The first-order chi connectivity index (χ1) is 10.3. The highest BCUT2D eigenvalue weighted by Gasteiger charge is 2.31. The highest BCUT2D eigenvalue weighted by Crippen LogP contribution is 2.35. The van der Waals surface area contributed by atoms with Crippen LogP contribution in [0.25, 0.3) is 22.2 Å². The maximum absolute atomic E-state index is 11.3. The van der Waals surface area contributed by atoms with Gasteiger partial charge in [0.15, 0.2) is 11.0 Å². The molecule has 0 radical (unpaired) electrons. The summed E-state index contributed by atoms with van der Waals surface area (Å²) in [4.78, 5) is 18.8. The van der Waals surface area contributed by atoms with Crippen molar-refractivity contribution in [1.82, 2.24) is 9.97 Å². The number of imidazole rings is 1. The molecule has 5 heteroatoms. The molecule has 1 aromatic carbocycles. The Hall–Kier alpha value is -2.56. The van der Waals surface area contributed by atoms with E-state index in [9.17, 15) is 4.91 Å². The lowest BCUT2D eigenvalue weighted by Crippen LogP contribution is -2.29. The summed E-state index contributed by atoms with van der Waals surface area (Å²) in [5, 5.41) is 3.23. The van der Waals surface area contributed by atoms with Gasteiger partial charge in [0, 0.05) is 23.5 Å². The smallest absolute Gasteiger partial charge is 0.242 e. The Labute approximate surface area is 121 Å². The average Bonchev–Trinajstić information content (AvgIpc) is 3.26. The quantitative estimate of drug-likeness (QED) is 0.588. The summed E-state index contributed by atoms with van der Waals surface area (Å²) in [5.74, 6) is 0. The van der Waals surface area contributed by atoms with E-state index in [0.29, 0.717) is 11.7 Å². The number of pyridine rings is 1. The molecule has 0 spiro atoms. The molecule has 104 valence electrons. The van der Waals surface area contributed by atoms with Crippen LogP contribution in [0.5, 0.6) is 0 Å². The Bertz CT molecular complexity index is 849. The van der Waals surface area contributed by atoms with Crippen LogP contribution in [0.15, 0.2) is 42.0 Å². The van der Waals surface area contributed by atoms with Crippen LogP contribution < -0.4 is 4.57 Å². The van der Waals surface area contributed by atoms with Crippen molar-refractivity contribution in [2.45, 2.75) is 25.8 Å². The topological polar surface area (TPSA) is 62.0 Å². The average molecular weight is 279 g/mol. The Balaban J connectivity index is 1.94. The van der Waals surface area contributed by atoms with Crippen LogP contribution in [0.1, 0.15) is 24.6 Å². The third-order valence-electron chi connectivity index (χ3n) is 4.00. The Morgan fingerprint density at radius 1 is 1.33 bits per heavy atom. The molecule has 1 aliphatic rings. The number of aryl methyl sites for hydroxylation is 1. The van der Waals surface area contributed by atoms with Gasteiger partial charge in [-0.2, -0.15) is 0 Å². The Morgan fingerprint density at radius 2 is 2.19 bits per heavy atom. The van der Waals surface area contributed by atoms with Gasteiger partial charge in [-0.15, -0.1) is 4.91 Å². The predicted molar refractivity (Wildman–Crippen MR) is 80.2 cm³/mol. The summed E-state index contributed by atoms with van der Waals surface area (Å²) in [6.07, 6.45) is 6.14. The van der Waals surface area contributed by atoms with E-state index >= 15 is 0 Å². The van der Waals surface area contributed by atoms with Crippen molar-refractivity contribution in [3.63, 3.8) is 0 Å². The van der Waals surface area contributed by atoms with E-state index in [1.165, 1.54) is 12.8 Å². The monoisotopic (exact) mass is 279 g/mol. The molecule has 1 aliphatic carbocycles. The van der Waals surface area contributed by atoms with Gasteiger partial charge in [-0.05, 0) is 48.7 Å². The summed E-state index contributed by atoms with van der Waals surface area (Å²) in [5.41, 5.74) is 5.27. The second-order valence-corrected chi connectivity index (χ2v) is 5.58. The largest absolute Gasteiger partial charge is 0.262 e. The van der Waals surface area contributed by atoms with Crippen LogP contribution in [0, 0.1) is 11.8 Å². The minimum absolute atomic E-state index is 0.474. The lowest BCUT2D eigenvalue weighted by atomic mass is 10.0. The number of nitrogens with zero attached hydrogens (tertiary/aromatic N) is 3. The normalized spacial score (nSPS) is 14.5. The van der Waals surface area contributed by atoms with Gasteiger partial charge in [0.05, 0.1) is 0 Å². The van der Waals surface area contributed by atoms with E-state index in [1.54, 1.807) is 6.20 Å². The summed E-state index contributed by atoms with van der Waals surface area (Å²) in [6.45, 7) is 1.94. The highest BCUT2D eigenvalue weighted by molar-refractivity contribution is 5.87. The second-order valence-electron chi connectivity index (χ2n) is 5.58. The summed E-state index contributed by atoms with van der Waals surface area (Å²) < 4.78 is 2.20. The zero-order chi connectivity index (χ0) is 14.4. The maximum Gasteiger partial charge on any atom is 0.242 e. The first kappa shape index (κ1) is 12.2. The van der Waals surface area contributed by atoms with Crippen molar-refractivity contribution in [2.75, 3.05) is 0 Å². The Kier molecular flexibility index (Phi) is 2.60. The van der Waals surface area contributed by atoms with Gasteiger partial charge < -0.3 is 0 Å². The molecule has 0 bridgehead atoms. The fourth-order valence-electron chi connectivity index (χ4n) is 2.79. The minimum Gasteiger partial charge on any atom is -0.262 e. The number of hydrogen-bond acceptors (Lipinski definition) is 3.